The maximum Gasteiger partial charge on any atom is 0.125 e. The number of aryl methyl sites for hydroxylation is 1. The Morgan fingerprint density at radius 1 is 1.41 bits per heavy atom. The molecule has 94 valence electrons. The van der Waals surface area contributed by atoms with Crippen LogP contribution in [0.4, 0.5) is 0 Å². The molecule has 1 heterocycles. The Labute approximate surface area is 108 Å². The molecule has 0 aromatic heterocycles. The van der Waals surface area contributed by atoms with Crippen LogP contribution >= 0.6 is 11.6 Å². The largest absolute Gasteiger partial charge is 0.496 e. The van der Waals surface area contributed by atoms with Crippen molar-refractivity contribution in [1.82, 2.24) is 5.32 Å². The van der Waals surface area contributed by atoms with Crippen molar-refractivity contribution in [2.45, 2.75) is 32.6 Å². The fourth-order valence-corrected chi connectivity index (χ4v) is 3.00. The van der Waals surface area contributed by atoms with Gasteiger partial charge in [0.2, 0.25) is 0 Å². The van der Waals surface area contributed by atoms with E-state index in [1.807, 2.05) is 6.07 Å². The Kier molecular flexibility index (Phi) is 3.95. The van der Waals surface area contributed by atoms with Crippen LogP contribution in [0, 0.1) is 13.8 Å². The highest BCUT2D eigenvalue weighted by molar-refractivity contribution is 6.31. The van der Waals surface area contributed by atoms with Crippen molar-refractivity contribution < 1.29 is 4.74 Å². The number of methoxy groups -OCH3 is 1. The molecule has 0 amide bonds. The first-order chi connectivity index (χ1) is 8.15. The Morgan fingerprint density at radius 2 is 2.18 bits per heavy atom. The molecule has 0 saturated carbocycles. The summed E-state index contributed by atoms with van der Waals surface area (Å²) in [7, 11) is 1.75. The third-order valence-electron chi connectivity index (χ3n) is 3.62. The highest BCUT2D eigenvalue weighted by atomic mass is 35.5. The monoisotopic (exact) mass is 253 g/mol. The van der Waals surface area contributed by atoms with E-state index in [-0.39, 0.29) is 0 Å². The second-order valence-electron chi connectivity index (χ2n) is 4.79. The van der Waals surface area contributed by atoms with E-state index in [0.717, 1.165) is 29.4 Å². The lowest BCUT2D eigenvalue weighted by molar-refractivity contribution is 0.388. The molecule has 1 fully saturated rings. The molecule has 1 N–H and O–H groups in total. The number of benzene rings is 1. The van der Waals surface area contributed by atoms with Gasteiger partial charge in [-0.25, -0.2) is 0 Å². The summed E-state index contributed by atoms with van der Waals surface area (Å²) >= 11 is 6.29. The zero-order chi connectivity index (χ0) is 12.4. The van der Waals surface area contributed by atoms with Crippen LogP contribution in [0.1, 0.15) is 35.4 Å². The van der Waals surface area contributed by atoms with Gasteiger partial charge < -0.3 is 10.1 Å². The van der Waals surface area contributed by atoms with Gasteiger partial charge >= 0.3 is 0 Å². The molecule has 0 spiro atoms. The van der Waals surface area contributed by atoms with Crippen LogP contribution in [0.5, 0.6) is 5.75 Å². The van der Waals surface area contributed by atoms with E-state index in [4.69, 9.17) is 16.3 Å². The lowest BCUT2D eigenvalue weighted by atomic mass is 9.87. The molecule has 1 aliphatic heterocycles. The molecule has 17 heavy (non-hydrogen) atoms. The maximum absolute atomic E-state index is 6.29. The Balaban J connectivity index is 2.48. The van der Waals surface area contributed by atoms with Crippen LogP contribution in [-0.4, -0.2) is 20.2 Å². The van der Waals surface area contributed by atoms with Crippen LogP contribution in [0.25, 0.3) is 0 Å². The molecule has 1 saturated heterocycles. The van der Waals surface area contributed by atoms with Crippen LogP contribution in [-0.2, 0) is 0 Å². The smallest absolute Gasteiger partial charge is 0.125 e. The van der Waals surface area contributed by atoms with E-state index in [1.165, 1.54) is 24.0 Å². The lowest BCUT2D eigenvalue weighted by Crippen LogP contribution is -2.29. The van der Waals surface area contributed by atoms with Crippen molar-refractivity contribution in [2.24, 2.45) is 0 Å². The van der Waals surface area contributed by atoms with Gasteiger partial charge in [0.15, 0.2) is 0 Å². The Hall–Kier alpha value is -0.730. The van der Waals surface area contributed by atoms with Crippen LogP contribution in [0.15, 0.2) is 6.07 Å². The van der Waals surface area contributed by atoms with Crippen LogP contribution in [0.2, 0.25) is 5.02 Å². The van der Waals surface area contributed by atoms with Gasteiger partial charge in [-0.05, 0) is 50.4 Å². The molecule has 3 heteroatoms. The minimum absolute atomic E-state index is 0.524. The minimum Gasteiger partial charge on any atom is -0.496 e. The van der Waals surface area contributed by atoms with Crippen LogP contribution < -0.4 is 10.1 Å². The molecule has 1 unspecified atom stereocenters. The number of hydrogen-bond acceptors (Lipinski definition) is 2. The van der Waals surface area contributed by atoms with Gasteiger partial charge in [-0.2, -0.15) is 0 Å². The highest BCUT2D eigenvalue weighted by Gasteiger charge is 2.23. The van der Waals surface area contributed by atoms with Gasteiger partial charge in [0.25, 0.3) is 0 Å². The van der Waals surface area contributed by atoms with E-state index in [1.54, 1.807) is 7.11 Å². The SMILES string of the molecule is COc1c(C)cc(Cl)c(C)c1C1CCCNC1. The summed E-state index contributed by atoms with van der Waals surface area (Å²) < 4.78 is 5.58. The molecule has 0 radical (unpaired) electrons. The summed E-state index contributed by atoms with van der Waals surface area (Å²) in [5.74, 6) is 1.54. The Bertz CT molecular complexity index is 411. The molecule has 1 atom stereocenters. The number of ether oxygens (including phenoxy) is 1. The number of hydrogen-bond donors (Lipinski definition) is 1. The molecule has 1 aromatic carbocycles. The van der Waals surface area contributed by atoms with E-state index >= 15 is 0 Å². The first-order valence-corrected chi connectivity index (χ1v) is 6.57. The Morgan fingerprint density at radius 3 is 2.76 bits per heavy atom. The summed E-state index contributed by atoms with van der Waals surface area (Å²) in [5, 5.41) is 4.30. The molecule has 2 nitrogen and oxygen atoms in total. The molecular formula is C14H20ClNO. The highest BCUT2D eigenvalue weighted by Crippen LogP contribution is 2.39. The molecule has 1 aromatic rings. The fraction of sp³-hybridized carbons (Fsp3) is 0.571. The lowest BCUT2D eigenvalue weighted by Gasteiger charge is -2.27. The van der Waals surface area contributed by atoms with E-state index in [2.05, 4.69) is 19.2 Å². The number of rotatable bonds is 2. The average molecular weight is 254 g/mol. The zero-order valence-electron chi connectivity index (χ0n) is 10.8. The summed E-state index contributed by atoms with van der Waals surface area (Å²) in [6.07, 6.45) is 2.43. The quantitative estimate of drug-likeness (QED) is 0.872. The standard InChI is InChI=1S/C14H20ClNO/c1-9-7-12(15)10(2)13(14(9)17-3)11-5-4-6-16-8-11/h7,11,16H,4-6,8H2,1-3H3. The summed E-state index contributed by atoms with van der Waals surface area (Å²) in [6, 6.07) is 2.00. The molecular weight excluding hydrogens is 234 g/mol. The van der Waals surface area contributed by atoms with Crippen molar-refractivity contribution in [2.75, 3.05) is 20.2 Å². The molecule has 1 aliphatic rings. The van der Waals surface area contributed by atoms with Gasteiger partial charge in [-0.3, -0.25) is 0 Å². The van der Waals surface area contributed by atoms with Gasteiger partial charge in [-0.15, -0.1) is 0 Å². The number of piperidine rings is 1. The number of nitrogens with one attached hydrogen (secondary N) is 1. The topological polar surface area (TPSA) is 21.3 Å². The molecule has 0 bridgehead atoms. The zero-order valence-corrected chi connectivity index (χ0v) is 11.5. The van der Waals surface area contributed by atoms with Gasteiger partial charge in [0, 0.05) is 23.0 Å². The van der Waals surface area contributed by atoms with Crippen molar-refractivity contribution in [1.29, 1.82) is 0 Å². The summed E-state index contributed by atoms with van der Waals surface area (Å²) in [6.45, 7) is 6.30. The minimum atomic E-state index is 0.524. The van der Waals surface area contributed by atoms with E-state index in [9.17, 15) is 0 Å². The van der Waals surface area contributed by atoms with Crippen molar-refractivity contribution in [3.63, 3.8) is 0 Å². The summed E-state index contributed by atoms with van der Waals surface area (Å²) in [5.41, 5.74) is 3.59. The van der Waals surface area contributed by atoms with Gasteiger partial charge in [-0.1, -0.05) is 11.6 Å². The predicted molar refractivity (Wildman–Crippen MR) is 72.3 cm³/mol. The third-order valence-corrected chi connectivity index (χ3v) is 4.01. The number of halogens is 1. The normalized spacial score (nSPS) is 20.4. The fourth-order valence-electron chi connectivity index (χ4n) is 2.74. The van der Waals surface area contributed by atoms with E-state index < -0.39 is 0 Å². The van der Waals surface area contributed by atoms with Crippen molar-refractivity contribution in [3.8, 4) is 5.75 Å². The third kappa shape index (κ3) is 2.43. The van der Waals surface area contributed by atoms with Crippen molar-refractivity contribution >= 4 is 11.6 Å². The first-order valence-electron chi connectivity index (χ1n) is 6.19. The second-order valence-corrected chi connectivity index (χ2v) is 5.20. The van der Waals surface area contributed by atoms with Gasteiger partial charge in [0.05, 0.1) is 7.11 Å². The summed E-state index contributed by atoms with van der Waals surface area (Å²) in [4.78, 5) is 0. The molecule has 2 rings (SSSR count). The van der Waals surface area contributed by atoms with Crippen molar-refractivity contribution in [3.05, 3.63) is 27.8 Å². The van der Waals surface area contributed by atoms with Crippen LogP contribution in [0.3, 0.4) is 0 Å². The first kappa shape index (κ1) is 12.7. The molecule has 0 aliphatic carbocycles. The van der Waals surface area contributed by atoms with Gasteiger partial charge in [0.1, 0.15) is 5.75 Å². The second kappa shape index (κ2) is 5.28. The predicted octanol–water partition coefficient (Wildman–Crippen LogP) is 3.43. The maximum atomic E-state index is 6.29. The average Bonchev–Trinajstić information content (AvgIpc) is 2.34. The van der Waals surface area contributed by atoms with E-state index in [0.29, 0.717) is 5.92 Å².